The average Bonchev–Trinajstić information content (AvgIpc) is 2.88. The first kappa shape index (κ1) is 20.5. The summed E-state index contributed by atoms with van der Waals surface area (Å²) in [6.07, 6.45) is 4.32. The number of ether oxygens (including phenoxy) is 1. The minimum Gasteiger partial charge on any atom is -0.496 e. The molecule has 1 saturated heterocycles. The molecule has 164 valence electrons. The molecule has 1 fully saturated rings. The number of aromatic nitrogens is 2. The standard InChI is InChI=1S/C26H28N4O2/c1-32-23-13-7-6-12-20(23)26(31)30-17-14-22-21(18-30)25(29-15-8-3-9-16-29)28-24(27-22)19-10-4-2-5-11-19/h2,4-7,10-13H,3,8-9,14-18H2,1H3. The molecule has 0 aliphatic carbocycles. The average molecular weight is 429 g/mol. The molecule has 0 saturated carbocycles. The van der Waals surface area contributed by atoms with E-state index in [-0.39, 0.29) is 5.91 Å². The van der Waals surface area contributed by atoms with E-state index in [9.17, 15) is 4.79 Å². The molecule has 0 bridgehead atoms. The Labute approximate surface area is 188 Å². The van der Waals surface area contributed by atoms with Crippen LogP contribution < -0.4 is 9.64 Å². The summed E-state index contributed by atoms with van der Waals surface area (Å²) in [5.41, 5.74) is 3.77. The number of nitrogens with zero attached hydrogens (tertiary/aromatic N) is 4. The summed E-state index contributed by atoms with van der Waals surface area (Å²) in [7, 11) is 1.60. The fraction of sp³-hybridized carbons (Fsp3) is 0.346. The lowest BCUT2D eigenvalue weighted by molar-refractivity contribution is 0.0730. The Morgan fingerprint density at radius 1 is 0.906 bits per heavy atom. The molecule has 32 heavy (non-hydrogen) atoms. The van der Waals surface area contributed by atoms with Gasteiger partial charge in [-0.05, 0) is 31.4 Å². The van der Waals surface area contributed by atoms with Crippen molar-refractivity contribution < 1.29 is 9.53 Å². The number of amides is 1. The molecule has 0 atom stereocenters. The second-order valence-electron chi connectivity index (χ2n) is 8.39. The van der Waals surface area contributed by atoms with Crippen LogP contribution in [0.5, 0.6) is 5.75 Å². The Balaban J connectivity index is 1.52. The number of piperidine rings is 1. The smallest absolute Gasteiger partial charge is 0.257 e. The van der Waals surface area contributed by atoms with Crippen LogP contribution in [0, 0.1) is 0 Å². The lowest BCUT2D eigenvalue weighted by Gasteiger charge is -2.35. The van der Waals surface area contributed by atoms with Crippen molar-refractivity contribution in [2.45, 2.75) is 32.2 Å². The van der Waals surface area contributed by atoms with Crippen molar-refractivity contribution in [1.82, 2.24) is 14.9 Å². The van der Waals surface area contributed by atoms with Gasteiger partial charge in [0.15, 0.2) is 5.82 Å². The Hall–Kier alpha value is -3.41. The molecule has 3 heterocycles. The van der Waals surface area contributed by atoms with Crippen LogP contribution in [0.1, 0.15) is 40.9 Å². The SMILES string of the molecule is COc1ccccc1C(=O)N1CCc2nc(-c3ccccc3)nc(N3CCCCC3)c2C1. The van der Waals surface area contributed by atoms with Gasteiger partial charge in [0, 0.05) is 37.2 Å². The number of rotatable bonds is 4. The van der Waals surface area contributed by atoms with Gasteiger partial charge >= 0.3 is 0 Å². The minimum absolute atomic E-state index is 0.00942. The molecule has 0 radical (unpaired) electrons. The quantitative estimate of drug-likeness (QED) is 0.619. The number of carbonyl (C=O) groups is 1. The number of hydrogen-bond donors (Lipinski definition) is 0. The van der Waals surface area contributed by atoms with Crippen LogP contribution in [0.15, 0.2) is 54.6 Å². The van der Waals surface area contributed by atoms with E-state index in [1.807, 2.05) is 47.4 Å². The number of anilines is 1. The highest BCUT2D eigenvalue weighted by Gasteiger charge is 2.29. The highest BCUT2D eigenvalue weighted by molar-refractivity contribution is 5.97. The Bertz CT molecular complexity index is 1110. The number of methoxy groups -OCH3 is 1. The van der Waals surface area contributed by atoms with Crippen molar-refractivity contribution in [3.8, 4) is 17.1 Å². The van der Waals surface area contributed by atoms with Crippen LogP contribution in [-0.2, 0) is 13.0 Å². The first-order valence-corrected chi connectivity index (χ1v) is 11.4. The number of hydrogen-bond acceptors (Lipinski definition) is 5. The van der Waals surface area contributed by atoms with E-state index in [0.717, 1.165) is 48.0 Å². The second-order valence-corrected chi connectivity index (χ2v) is 8.39. The third-order valence-electron chi connectivity index (χ3n) is 6.35. The Morgan fingerprint density at radius 2 is 1.66 bits per heavy atom. The van der Waals surface area contributed by atoms with E-state index in [1.54, 1.807) is 7.11 Å². The van der Waals surface area contributed by atoms with Gasteiger partial charge in [-0.2, -0.15) is 0 Å². The molecular formula is C26H28N4O2. The first-order valence-electron chi connectivity index (χ1n) is 11.4. The number of fused-ring (bicyclic) bond motifs is 1. The van der Waals surface area contributed by atoms with Gasteiger partial charge in [0.1, 0.15) is 11.6 Å². The van der Waals surface area contributed by atoms with Crippen LogP contribution in [0.2, 0.25) is 0 Å². The molecule has 2 aliphatic heterocycles. The van der Waals surface area contributed by atoms with Gasteiger partial charge in [-0.3, -0.25) is 4.79 Å². The van der Waals surface area contributed by atoms with E-state index in [4.69, 9.17) is 14.7 Å². The van der Waals surface area contributed by atoms with Gasteiger partial charge in [-0.25, -0.2) is 9.97 Å². The highest BCUT2D eigenvalue weighted by atomic mass is 16.5. The van der Waals surface area contributed by atoms with Gasteiger partial charge in [-0.1, -0.05) is 42.5 Å². The van der Waals surface area contributed by atoms with Crippen LogP contribution in [0.25, 0.3) is 11.4 Å². The predicted octanol–water partition coefficient (Wildman–Crippen LogP) is 4.34. The topological polar surface area (TPSA) is 58.6 Å². The molecule has 1 aromatic heterocycles. The number of benzene rings is 2. The summed E-state index contributed by atoms with van der Waals surface area (Å²) in [6, 6.07) is 17.6. The van der Waals surface area contributed by atoms with Crippen molar-refractivity contribution in [3.05, 3.63) is 71.4 Å². The monoisotopic (exact) mass is 428 g/mol. The third-order valence-corrected chi connectivity index (χ3v) is 6.35. The molecule has 0 unspecified atom stereocenters. The van der Waals surface area contributed by atoms with E-state index >= 15 is 0 Å². The largest absolute Gasteiger partial charge is 0.496 e. The number of carbonyl (C=O) groups excluding carboxylic acids is 1. The van der Waals surface area contributed by atoms with Crippen molar-refractivity contribution in [3.63, 3.8) is 0 Å². The van der Waals surface area contributed by atoms with Crippen LogP contribution in [-0.4, -0.2) is 47.5 Å². The maximum Gasteiger partial charge on any atom is 0.257 e. The maximum absolute atomic E-state index is 13.4. The first-order chi connectivity index (χ1) is 15.7. The van der Waals surface area contributed by atoms with Crippen molar-refractivity contribution in [2.75, 3.05) is 31.6 Å². The molecule has 2 aromatic carbocycles. The zero-order valence-corrected chi connectivity index (χ0v) is 18.5. The molecule has 6 nitrogen and oxygen atoms in total. The van der Waals surface area contributed by atoms with E-state index in [1.165, 1.54) is 19.3 Å². The van der Waals surface area contributed by atoms with Crippen molar-refractivity contribution in [2.24, 2.45) is 0 Å². The van der Waals surface area contributed by atoms with Gasteiger partial charge in [0.25, 0.3) is 5.91 Å². The van der Waals surface area contributed by atoms with E-state index in [2.05, 4.69) is 17.0 Å². The molecular weight excluding hydrogens is 400 g/mol. The second kappa shape index (κ2) is 8.99. The molecule has 6 heteroatoms. The summed E-state index contributed by atoms with van der Waals surface area (Å²) in [5.74, 6) is 2.36. The Kier molecular flexibility index (Phi) is 5.75. The van der Waals surface area contributed by atoms with Gasteiger partial charge in [0.05, 0.1) is 24.9 Å². The molecule has 0 spiro atoms. The predicted molar refractivity (Wildman–Crippen MR) is 125 cm³/mol. The van der Waals surface area contributed by atoms with Gasteiger partial charge in [0.2, 0.25) is 0 Å². The summed E-state index contributed by atoms with van der Waals surface area (Å²) in [5, 5.41) is 0. The van der Waals surface area contributed by atoms with Crippen LogP contribution >= 0.6 is 0 Å². The molecule has 0 N–H and O–H groups in total. The van der Waals surface area contributed by atoms with E-state index < -0.39 is 0 Å². The summed E-state index contributed by atoms with van der Waals surface area (Å²) < 4.78 is 5.43. The molecule has 5 rings (SSSR count). The summed E-state index contributed by atoms with van der Waals surface area (Å²) >= 11 is 0. The molecule has 3 aromatic rings. The van der Waals surface area contributed by atoms with Crippen LogP contribution in [0.3, 0.4) is 0 Å². The minimum atomic E-state index is -0.00942. The number of para-hydroxylation sites is 1. The lowest BCUT2D eigenvalue weighted by Crippen LogP contribution is -2.39. The normalized spacial score (nSPS) is 15.9. The van der Waals surface area contributed by atoms with E-state index in [0.29, 0.717) is 24.4 Å². The zero-order chi connectivity index (χ0) is 21.9. The fourth-order valence-corrected chi connectivity index (χ4v) is 4.65. The maximum atomic E-state index is 13.4. The van der Waals surface area contributed by atoms with Crippen molar-refractivity contribution in [1.29, 1.82) is 0 Å². The Morgan fingerprint density at radius 3 is 2.44 bits per heavy atom. The molecule has 2 aliphatic rings. The van der Waals surface area contributed by atoms with Gasteiger partial charge in [-0.15, -0.1) is 0 Å². The third kappa shape index (κ3) is 3.93. The van der Waals surface area contributed by atoms with Gasteiger partial charge < -0.3 is 14.5 Å². The molecule has 1 amide bonds. The zero-order valence-electron chi connectivity index (χ0n) is 18.5. The lowest BCUT2D eigenvalue weighted by atomic mass is 10.0. The highest BCUT2D eigenvalue weighted by Crippen LogP contribution is 2.32. The summed E-state index contributed by atoms with van der Waals surface area (Å²) in [4.78, 5) is 27.6. The summed E-state index contributed by atoms with van der Waals surface area (Å²) in [6.45, 7) is 3.15. The van der Waals surface area contributed by atoms with Crippen LogP contribution in [0.4, 0.5) is 5.82 Å². The van der Waals surface area contributed by atoms with Crippen molar-refractivity contribution >= 4 is 11.7 Å². The fourth-order valence-electron chi connectivity index (χ4n) is 4.65.